The molecule has 1 atom stereocenters. The number of hydrogen-bond donors (Lipinski definition) is 1. The molecule has 0 aromatic heterocycles. The molecule has 1 rings (SSSR count). The maximum atomic E-state index is 11.0. The van der Waals surface area contributed by atoms with Gasteiger partial charge in [0.2, 0.25) is 0 Å². The number of benzene rings is 1. The van der Waals surface area contributed by atoms with Crippen molar-refractivity contribution < 1.29 is 4.92 Å². The lowest BCUT2D eigenvalue weighted by Crippen LogP contribution is -2.28. The zero-order chi connectivity index (χ0) is 15.8. The standard InChI is InChI=1S/C16H27N3O2/c1-5-18(6-2)11-7-10-17-14(4)15-9-8-13(3)16(12-15)19(20)21/h8-9,12,14,17H,5-7,10-11H2,1-4H3. The summed E-state index contributed by atoms with van der Waals surface area (Å²) in [7, 11) is 0. The largest absolute Gasteiger partial charge is 0.310 e. The van der Waals surface area contributed by atoms with Crippen molar-refractivity contribution in [2.24, 2.45) is 0 Å². The average Bonchev–Trinajstić information content (AvgIpc) is 2.47. The van der Waals surface area contributed by atoms with E-state index < -0.39 is 0 Å². The van der Waals surface area contributed by atoms with Gasteiger partial charge in [0, 0.05) is 17.7 Å². The van der Waals surface area contributed by atoms with Crippen molar-refractivity contribution in [2.45, 2.75) is 40.2 Å². The first-order chi connectivity index (χ1) is 9.99. The van der Waals surface area contributed by atoms with Crippen molar-refractivity contribution in [3.63, 3.8) is 0 Å². The third-order valence-corrected chi connectivity index (χ3v) is 3.93. The molecule has 5 heteroatoms. The van der Waals surface area contributed by atoms with Gasteiger partial charge < -0.3 is 10.2 Å². The molecule has 5 nitrogen and oxygen atoms in total. The van der Waals surface area contributed by atoms with Gasteiger partial charge >= 0.3 is 0 Å². The number of nitrogens with zero attached hydrogens (tertiary/aromatic N) is 2. The average molecular weight is 293 g/mol. The van der Waals surface area contributed by atoms with Crippen LogP contribution >= 0.6 is 0 Å². The number of aryl methyl sites for hydroxylation is 1. The van der Waals surface area contributed by atoms with Gasteiger partial charge in [-0.1, -0.05) is 26.0 Å². The third-order valence-electron chi connectivity index (χ3n) is 3.93. The molecule has 21 heavy (non-hydrogen) atoms. The lowest BCUT2D eigenvalue weighted by molar-refractivity contribution is -0.385. The molecule has 0 aliphatic rings. The summed E-state index contributed by atoms with van der Waals surface area (Å²) in [4.78, 5) is 13.1. The highest BCUT2D eigenvalue weighted by Crippen LogP contribution is 2.23. The molecular formula is C16H27N3O2. The Morgan fingerprint density at radius 1 is 1.33 bits per heavy atom. The second-order valence-corrected chi connectivity index (χ2v) is 5.36. The van der Waals surface area contributed by atoms with Gasteiger partial charge in [0.15, 0.2) is 0 Å². The number of nitro groups is 1. The van der Waals surface area contributed by atoms with E-state index in [9.17, 15) is 10.1 Å². The van der Waals surface area contributed by atoms with Gasteiger partial charge in [-0.05, 0) is 52.0 Å². The van der Waals surface area contributed by atoms with Crippen LogP contribution in [-0.4, -0.2) is 36.0 Å². The number of rotatable bonds is 9. The molecule has 0 fully saturated rings. The van der Waals surface area contributed by atoms with Crippen LogP contribution in [0.3, 0.4) is 0 Å². The summed E-state index contributed by atoms with van der Waals surface area (Å²) in [5.41, 5.74) is 1.87. The van der Waals surface area contributed by atoms with Crippen LogP contribution in [0.5, 0.6) is 0 Å². The molecule has 0 saturated carbocycles. The molecular weight excluding hydrogens is 266 g/mol. The Morgan fingerprint density at radius 3 is 2.57 bits per heavy atom. The van der Waals surface area contributed by atoms with Crippen LogP contribution in [0.4, 0.5) is 5.69 Å². The van der Waals surface area contributed by atoms with E-state index in [1.807, 2.05) is 19.1 Å². The normalized spacial score (nSPS) is 12.6. The van der Waals surface area contributed by atoms with Gasteiger partial charge in [-0.25, -0.2) is 0 Å². The second kappa shape index (κ2) is 8.74. The molecule has 0 radical (unpaired) electrons. The van der Waals surface area contributed by atoms with E-state index in [0.717, 1.165) is 38.2 Å². The number of hydrogen-bond acceptors (Lipinski definition) is 4. The zero-order valence-electron chi connectivity index (χ0n) is 13.6. The fourth-order valence-electron chi connectivity index (χ4n) is 2.37. The topological polar surface area (TPSA) is 58.4 Å². The fraction of sp³-hybridized carbons (Fsp3) is 0.625. The second-order valence-electron chi connectivity index (χ2n) is 5.36. The minimum absolute atomic E-state index is 0.126. The van der Waals surface area contributed by atoms with E-state index in [0.29, 0.717) is 5.56 Å². The molecule has 0 amide bonds. The first-order valence-electron chi connectivity index (χ1n) is 7.70. The molecule has 0 bridgehead atoms. The summed E-state index contributed by atoms with van der Waals surface area (Å²) in [5, 5.41) is 14.4. The van der Waals surface area contributed by atoms with E-state index in [-0.39, 0.29) is 16.7 Å². The molecule has 0 spiro atoms. The fourth-order valence-corrected chi connectivity index (χ4v) is 2.37. The van der Waals surface area contributed by atoms with E-state index in [1.54, 1.807) is 13.0 Å². The quantitative estimate of drug-likeness (QED) is 0.431. The Bertz CT molecular complexity index is 459. The minimum Gasteiger partial charge on any atom is -0.310 e. The predicted molar refractivity (Wildman–Crippen MR) is 86.7 cm³/mol. The van der Waals surface area contributed by atoms with E-state index in [4.69, 9.17) is 0 Å². The molecule has 0 heterocycles. The Balaban J connectivity index is 2.50. The van der Waals surface area contributed by atoms with Crippen molar-refractivity contribution in [2.75, 3.05) is 26.2 Å². The summed E-state index contributed by atoms with van der Waals surface area (Å²) in [6.45, 7) is 12.3. The van der Waals surface area contributed by atoms with Crippen molar-refractivity contribution in [1.82, 2.24) is 10.2 Å². The van der Waals surface area contributed by atoms with Crippen LogP contribution in [0, 0.1) is 17.0 Å². The molecule has 0 saturated heterocycles. The highest BCUT2D eigenvalue weighted by molar-refractivity contribution is 5.43. The lowest BCUT2D eigenvalue weighted by Gasteiger charge is -2.19. The maximum absolute atomic E-state index is 11.0. The SMILES string of the molecule is CCN(CC)CCCNC(C)c1ccc(C)c([N+](=O)[O-])c1. The van der Waals surface area contributed by atoms with E-state index in [1.165, 1.54) is 0 Å². The third kappa shape index (κ3) is 5.44. The predicted octanol–water partition coefficient (Wildman–Crippen LogP) is 3.29. The number of nitrogens with one attached hydrogen (secondary N) is 1. The minimum atomic E-state index is -0.314. The molecule has 1 unspecified atom stereocenters. The van der Waals surface area contributed by atoms with Gasteiger partial charge in [-0.15, -0.1) is 0 Å². The van der Waals surface area contributed by atoms with Crippen molar-refractivity contribution in [3.8, 4) is 0 Å². The summed E-state index contributed by atoms with van der Waals surface area (Å²) in [5.74, 6) is 0. The Labute approximate surface area is 127 Å². The lowest BCUT2D eigenvalue weighted by atomic mass is 10.0. The van der Waals surface area contributed by atoms with Crippen LogP contribution in [-0.2, 0) is 0 Å². The van der Waals surface area contributed by atoms with Gasteiger partial charge in [-0.3, -0.25) is 10.1 Å². The zero-order valence-corrected chi connectivity index (χ0v) is 13.6. The van der Waals surface area contributed by atoms with Crippen LogP contribution < -0.4 is 5.32 Å². The highest BCUT2D eigenvalue weighted by Gasteiger charge is 2.14. The summed E-state index contributed by atoms with van der Waals surface area (Å²) in [6.07, 6.45) is 1.08. The summed E-state index contributed by atoms with van der Waals surface area (Å²) >= 11 is 0. The maximum Gasteiger partial charge on any atom is 0.272 e. The van der Waals surface area contributed by atoms with Crippen molar-refractivity contribution in [1.29, 1.82) is 0 Å². The van der Waals surface area contributed by atoms with E-state index in [2.05, 4.69) is 24.1 Å². The van der Waals surface area contributed by atoms with Gasteiger partial charge in [0.1, 0.15) is 0 Å². The Kier molecular flexibility index (Phi) is 7.32. The molecule has 0 aliphatic heterocycles. The van der Waals surface area contributed by atoms with Gasteiger partial charge in [0.25, 0.3) is 5.69 Å². The molecule has 118 valence electrons. The van der Waals surface area contributed by atoms with Crippen LogP contribution in [0.15, 0.2) is 18.2 Å². The van der Waals surface area contributed by atoms with Crippen LogP contribution in [0.25, 0.3) is 0 Å². The first kappa shape index (κ1) is 17.6. The summed E-state index contributed by atoms with van der Waals surface area (Å²) in [6, 6.07) is 5.59. The monoisotopic (exact) mass is 293 g/mol. The smallest absolute Gasteiger partial charge is 0.272 e. The molecule has 1 N–H and O–H groups in total. The molecule has 0 aliphatic carbocycles. The first-order valence-corrected chi connectivity index (χ1v) is 7.70. The van der Waals surface area contributed by atoms with Crippen LogP contribution in [0.2, 0.25) is 0 Å². The highest BCUT2D eigenvalue weighted by atomic mass is 16.6. The Hall–Kier alpha value is -1.46. The number of nitro benzene ring substituents is 1. The Morgan fingerprint density at radius 2 is 2.00 bits per heavy atom. The van der Waals surface area contributed by atoms with Gasteiger partial charge in [0.05, 0.1) is 4.92 Å². The molecule has 1 aromatic rings. The summed E-state index contributed by atoms with van der Waals surface area (Å²) < 4.78 is 0. The molecule has 1 aromatic carbocycles. The van der Waals surface area contributed by atoms with Crippen molar-refractivity contribution in [3.05, 3.63) is 39.4 Å². The van der Waals surface area contributed by atoms with E-state index >= 15 is 0 Å². The van der Waals surface area contributed by atoms with Gasteiger partial charge in [-0.2, -0.15) is 0 Å². The van der Waals surface area contributed by atoms with Crippen LogP contribution in [0.1, 0.15) is 44.4 Å². The van der Waals surface area contributed by atoms with Crippen molar-refractivity contribution >= 4 is 5.69 Å².